The van der Waals surface area contributed by atoms with Crippen molar-refractivity contribution in [2.24, 2.45) is 0 Å². The quantitative estimate of drug-likeness (QED) is 0.593. The van der Waals surface area contributed by atoms with Crippen LogP contribution in [-0.2, 0) is 32.7 Å². The van der Waals surface area contributed by atoms with Gasteiger partial charge in [-0.1, -0.05) is 19.4 Å². The number of hydrogen-bond donors (Lipinski definition) is 0. The van der Waals surface area contributed by atoms with Crippen LogP contribution >= 0.6 is 0 Å². The van der Waals surface area contributed by atoms with Gasteiger partial charge in [0.1, 0.15) is 0 Å². The Morgan fingerprint density at radius 2 is 1.36 bits per heavy atom. The normalized spacial score (nSPS) is 7.18. The average molecular weight is 224 g/mol. The van der Waals surface area contributed by atoms with Gasteiger partial charge in [-0.2, -0.15) is 24.6 Å². The molecule has 0 aliphatic heterocycles. The van der Waals surface area contributed by atoms with Gasteiger partial charge in [0.25, 0.3) is 0 Å². The van der Waals surface area contributed by atoms with Crippen LogP contribution in [0.3, 0.4) is 0 Å². The van der Waals surface area contributed by atoms with E-state index in [0.717, 1.165) is 5.56 Å². The Morgan fingerprint density at radius 3 is 1.64 bits per heavy atom. The molecule has 0 saturated heterocycles. The van der Waals surface area contributed by atoms with E-state index in [9.17, 15) is 0 Å². The molecule has 0 amide bonds. The van der Waals surface area contributed by atoms with Gasteiger partial charge in [0.2, 0.25) is 0 Å². The maximum atomic E-state index is 3.76. The van der Waals surface area contributed by atoms with Crippen molar-refractivity contribution >= 4 is 0 Å². The van der Waals surface area contributed by atoms with Crippen LogP contribution in [-0.4, -0.2) is 0 Å². The van der Waals surface area contributed by atoms with Crippen LogP contribution in [0.15, 0.2) is 24.3 Å². The van der Waals surface area contributed by atoms with E-state index in [2.05, 4.69) is 26.0 Å². The van der Waals surface area contributed by atoms with Crippen LogP contribution in [0.4, 0.5) is 0 Å². The fourth-order valence-corrected chi connectivity index (χ4v) is 0.588. The smallest absolute Gasteiger partial charge is 0 e. The van der Waals surface area contributed by atoms with E-state index in [1.165, 1.54) is 5.56 Å². The van der Waals surface area contributed by atoms with Crippen molar-refractivity contribution in [1.82, 2.24) is 0 Å². The molecule has 0 aromatic heterocycles. The van der Waals surface area contributed by atoms with E-state index in [0.29, 0.717) is 0 Å². The first kappa shape index (κ1) is 13.8. The molecule has 0 N–H and O–H groups in total. The van der Waals surface area contributed by atoms with Crippen molar-refractivity contribution < 1.29 is 32.7 Å². The van der Waals surface area contributed by atoms with Crippen molar-refractivity contribution in [1.29, 1.82) is 0 Å². The van der Waals surface area contributed by atoms with Crippen LogP contribution in [0.1, 0.15) is 25.0 Å². The Hall–Kier alpha value is 0.194. The molecule has 0 atom stereocenters. The molecule has 0 aliphatic carbocycles. The summed E-state index contributed by atoms with van der Waals surface area (Å²) in [6.07, 6.45) is 0. The molecule has 1 rings (SSSR count). The summed E-state index contributed by atoms with van der Waals surface area (Å²) in [5, 5.41) is 0. The van der Waals surface area contributed by atoms with Gasteiger partial charge in [0.05, 0.1) is 0 Å². The van der Waals surface area contributed by atoms with Gasteiger partial charge in [-0.3, -0.25) is 0 Å². The van der Waals surface area contributed by atoms with Crippen molar-refractivity contribution in [3.05, 3.63) is 42.3 Å². The first-order chi connectivity index (χ1) is 4.79. The Balaban J connectivity index is 0. The fraction of sp³-hybridized carbons (Fsp3) is 0.300. The number of rotatable bonds is 0. The van der Waals surface area contributed by atoms with Crippen LogP contribution in [0.2, 0.25) is 0 Å². The molecule has 0 nitrogen and oxygen atoms in total. The number of hydrogen-bond acceptors (Lipinski definition) is 0. The molecule has 1 aromatic carbocycles. The SMILES string of the molecule is CC.[CH2-]c1ccc(C)cc1.[Y]. The van der Waals surface area contributed by atoms with Gasteiger partial charge in [-0.15, -0.1) is 12.1 Å². The van der Waals surface area contributed by atoms with Gasteiger partial charge >= 0.3 is 0 Å². The Morgan fingerprint density at radius 1 is 1.00 bits per heavy atom. The summed E-state index contributed by atoms with van der Waals surface area (Å²) in [4.78, 5) is 0. The molecule has 1 aromatic rings. The topological polar surface area (TPSA) is 0 Å². The predicted molar refractivity (Wildman–Crippen MR) is 47.0 cm³/mol. The minimum Gasteiger partial charge on any atom is -0.199 e. The van der Waals surface area contributed by atoms with Crippen LogP contribution in [0.25, 0.3) is 0 Å². The Bertz CT molecular complexity index is 144. The second-order valence-electron chi connectivity index (χ2n) is 1.99. The summed E-state index contributed by atoms with van der Waals surface area (Å²) in [6.45, 7) is 9.83. The molecule has 0 spiro atoms. The van der Waals surface area contributed by atoms with Crippen LogP contribution in [0, 0.1) is 13.8 Å². The third kappa shape index (κ3) is 6.59. The van der Waals surface area contributed by atoms with Crippen molar-refractivity contribution in [3.63, 3.8) is 0 Å². The van der Waals surface area contributed by atoms with Gasteiger partial charge in [0.15, 0.2) is 0 Å². The van der Waals surface area contributed by atoms with Gasteiger partial charge in [0, 0.05) is 32.7 Å². The van der Waals surface area contributed by atoms with Crippen LogP contribution in [0.5, 0.6) is 0 Å². The van der Waals surface area contributed by atoms with E-state index in [1.807, 2.05) is 26.0 Å². The maximum absolute atomic E-state index is 3.76. The minimum absolute atomic E-state index is 0. The second kappa shape index (κ2) is 8.29. The molecule has 0 bridgehead atoms. The van der Waals surface area contributed by atoms with E-state index < -0.39 is 0 Å². The van der Waals surface area contributed by atoms with Crippen LogP contribution < -0.4 is 0 Å². The molecule has 0 fully saturated rings. The molecule has 0 saturated carbocycles. The molecule has 0 heterocycles. The largest absolute Gasteiger partial charge is 0.199 e. The number of aryl methyl sites for hydroxylation is 1. The van der Waals surface area contributed by atoms with E-state index >= 15 is 0 Å². The Labute approximate surface area is 95.3 Å². The van der Waals surface area contributed by atoms with Gasteiger partial charge in [-0.25, -0.2) is 0 Å². The first-order valence-corrected chi connectivity index (χ1v) is 3.67. The summed E-state index contributed by atoms with van der Waals surface area (Å²) in [7, 11) is 0. The van der Waals surface area contributed by atoms with Crippen molar-refractivity contribution in [3.8, 4) is 0 Å². The molecule has 59 valence electrons. The predicted octanol–water partition coefficient (Wildman–Crippen LogP) is 3.20. The third-order valence-corrected chi connectivity index (χ3v) is 1.12. The molecular weight excluding hydrogens is 209 g/mol. The van der Waals surface area contributed by atoms with E-state index in [1.54, 1.807) is 0 Å². The minimum atomic E-state index is 0. The summed E-state index contributed by atoms with van der Waals surface area (Å²) in [5.74, 6) is 0. The molecular formula is C10H15Y-. The second-order valence-corrected chi connectivity index (χ2v) is 1.99. The van der Waals surface area contributed by atoms with Gasteiger partial charge in [-0.05, 0) is 6.92 Å². The van der Waals surface area contributed by atoms with Crippen molar-refractivity contribution in [2.45, 2.75) is 20.8 Å². The molecule has 0 aliphatic rings. The molecule has 1 heteroatoms. The monoisotopic (exact) mass is 224 g/mol. The zero-order valence-corrected chi connectivity index (χ0v) is 10.4. The summed E-state index contributed by atoms with van der Waals surface area (Å²) >= 11 is 0. The Kier molecular flexibility index (Phi) is 10.4. The standard InChI is InChI=1S/C8H9.C2H6.Y/c1-7-3-5-8(2)6-4-7;1-2;/h3-6H,1H2,2H3;1-2H3;/q-1;;. The first-order valence-electron chi connectivity index (χ1n) is 3.67. The third-order valence-electron chi connectivity index (χ3n) is 1.12. The summed E-state index contributed by atoms with van der Waals surface area (Å²) < 4.78 is 0. The zero-order chi connectivity index (χ0) is 7.98. The zero-order valence-electron chi connectivity index (χ0n) is 7.59. The molecule has 1 radical (unpaired) electrons. The van der Waals surface area contributed by atoms with E-state index in [-0.39, 0.29) is 32.7 Å². The van der Waals surface area contributed by atoms with Gasteiger partial charge < -0.3 is 0 Å². The number of benzene rings is 1. The molecule has 11 heavy (non-hydrogen) atoms. The molecule has 0 unspecified atom stereocenters. The van der Waals surface area contributed by atoms with Crippen molar-refractivity contribution in [2.75, 3.05) is 0 Å². The summed E-state index contributed by atoms with van der Waals surface area (Å²) in [5.41, 5.74) is 2.37. The summed E-state index contributed by atoms with van der Waals surface area (Å²) in [6, 6.07) is 8.13. The maximum Gasteiger partial charge on any atom is 0 e. The van der Waals surface area contributed by atoms with E-state index in [4.69, 9.17) is 0 Å². The average Bonchev–Trinajstić information content (AvgIpc) is 2.00. The fourth-order valence-electron chi connectivity index (χ4n) is 0.588.